The lowest BCUT2D eigenvalue weighted by Gasteiger charge is -2.30. The number of methoxy groups -OCH3 is 1. The van der Waals surface area contributed by atoms with Crippen molar-refractivity contribution in [2.45, 2.75) is 25.7 Å². The van der Waals surface area contributed by atoms with Gasteiger partial charge in [-0.15, -0.1) is 11.3 Å². The number of halogens is 1. The third-order valence-corrected chi connectivity index (χ3v) is 7.19. The van der Waals surface area contributed by atoms with E-state index >= 15 is 0 Å². The van der Waals surface area contributed by atoms with Crippen LogP contribution in [0.4, 0.5) is 0 Å². The first kappa shape index (κ1) is 23.7. The Morgan fingerprint density at radius 2 is 2.03 bits per heavy atom. The minimum Gasteiger partial charge on any atom is -0.493 e. The maximum atomic E-state index is 11.2. The highest BCUT2D eigenvalue weighted by Crippen LogP contribution is 2.33. The monoisotopic (exact) mass is 526 g/mol. The molecule has 0 N–H and O–H groups in total. The highest BCUT2D eigenvalue weighted by molar-refractivity contribution is 9.10. The molecule has 0 aliphatic carbocycles. The van der Waals surface area contributed by atoms with Crippen LogP contribution >= 0.6 is 27.3 Å². The van der Waals surface area contributed by atoms with Crippen molar-refractivity contribution < 1.29 is 14.3 Å². The van der Waals surface area contributed by atoms with Crippen LogP contribution in [0.25, 0.3) is 17.3 Å². The predicted octanol–water partition coefficient (Wildman–Crippen LogP) is 6.40. The molecular weight excluding hydrogens is 500 g/mol. The van der Waals surface area contributed by atoms with Gasteiger partial charge >= 0.3 is 5.97 Å². The fourth-order valence-electron chi connectivity index (χ4n) is 3.98. The summed E-state index contributed by atoms with van der Waals surface area (Å²) in [4.78, 5) is 18.6. The van der Waals surface area contributed by atoms with Gasteiger partial charge in [0.05, 0.1) is 17.8 Å². The van der Waals surface area contributed by atoms with Crippen LogP contribution in [-0.2, 0) is 4.79 Å². The van der Waals surface area contributed by atoms with Crippen molar-refractivity contribution in [3.05, 3.63) is 69.0 Å². The van der Waals surface area contributed by atoms with Gasteiger partial charge in [-0.2, -0.15) is 0 Å². The molecule has 2 aromatic carbocycles. The Kier molecular flexibility index (Phi) is 7.96. The van der Waals surface area contributed by atoms with E-state index < -0.39 is 0 Å². The number of carbonyl (C=O) groups excluding carboxylic acids is 1. The maximum absolute atomic E-state index is 11.2. The van der Waals surface area contributed by atoms with Crippen LogP contribution in [-0.4, -0.2) is 42.6 Å². The maximum Gasteiger partial charge on any atom is 0.308 e. The topological polar surface area (TPSA) is 51.7 Å². The fraction of sp³-hybridized carbons (Fsp3) is 0.308. The minimum atomic E-state index is -0.359. The molecule has 4 rings (SSSR count). The molecule has 0 amide bonds. The molecule has 2 heterocycles. The highest BCUT2D eigenvalue weighted by atomic mass is 79.9. The van der Waals surface area contributed by atoms with Gasteiger partial charge in [0.15, 0.2) is 11.5 Å². The van der Waals surface area contributed by atoms with E-state index in [-0.39, 0.29) is 5.97 Å². The average molecular weight is 527 g/mol. The van der Waals surface area contributed by atoms with Gasteiger partial charge in [-0.25, -0.2) is 4.98 Å². The van der Waals surface area contributed by atoms with Gasteiger partial charge in [-0.05, 0) is 55.8 Å². The molecule has 0 radical (unpaired) electrons. The summed E-state index contributed by atoms with van der Waals surface area (Å²) in [7, 11) is 1.57. The lowest BCUT2D eigenvalue weighted by molar-refractivity contribution is -0.132. The number of ether oxygens (including phenoxy) is 2. The number of benzene rings is 2. The van der Waals surface area contributed by atoms with Crippen molar-refractivity contribution >= 4 is 39.3 Å². The normalized spacial score (nSPS) is 15.1. The molecule has 1 fully saturated rings. The number of likely N-dealkylation sites (tertiary alicyclic amines) is 1. The van der Waals surface area contributed by atoms with Gasteiger partial charge in [-0.3, -0.25) is 9.69 Å². The first-order valence-corrected chi connectivity index (χ1v) is 12.7. The summed E-state index contributed by atoms with van der Waals surface area (Å²) in [5.74, 6) is 1.17. The van der Waals surface area contributed by atoms with Gasteiger partial charge in [0.1, 0.15) is 0 Å². The summed E-state index contributed by atoms with van der Waals surface area (Å²) in [6, 6.07) is 13.9. The van der Waals surface area contributed by atoms with E-state index in [2.05, 4.69) is 56.6 Å². The number of nitrogens with zero attached hydrogens (tertiary/aromatic N) is 2. The van der Waals surface area contributed by atoms with Crippen molar-refractivity contribution in [1.29, 1.82) is 0 Å². The first-order chi connectivity index (χ1) is 16.0. The zero-order valence-corrected chi connectivity index (χ0v) is 21.2. The van der Waals surface area contributed by atoms with E-state index in [9.17, 15) is 4.79 Å². The van der Waals surface area contributed by atoms with Crippen LogP contribution in [0.3, 0.4) is 0 Å². The van der Waals surface area contributed by atoms with Crippen molar-refractivity contribution in [2.75, 3.05) is 26.7 Å². The zero-order chi connectivity index (χ0) is 23.2. The molecule has 1 aliphatic rings. The number of esters is 1. The van der Waals surface area contributed by atoms with Crippen LogP contribution in [0.15, 0.2) is 58.4 Å². The molecule has 0 saturated carbocycles. The molecule has 7 heteroatoms. The van der Waals surface area contributed by atoms with Crippen LogP contribution in [0.5, 0.6) is 11.5 Å². The summed E-state index contributed by atoms with van der Waals surface area (Å²) in [6.07, 6.45) is 6.51. The number of hydrogen-bond acceptors (Lipinski definition) is 6. The molecule has 33 heavy (non-hydrogen) atoms. The number of hydrogen-bond donors (Lipinski definition) is 0. The summed E-state index contributed by atoms with van der Waals surface area (Å²) >= 11 is 5.32. The van der Waals surface area contributed by atoms with Gasteiger partial charge in [0.2, 0.25) is 0 Å². The molecule has 1 aliphatic heterocycles. The van der Waals surface area contributed by atoms with Crippen molar-refractivity contribution in [2.24, 2.45) is 0 Å². The Morgan fingerprint density at radius 3 is 2.76 bits per heavy atom. The molecule has 1 aromatic heterocycles. The molecule has 0 spiro atoms. The minimum absolute atomic E-state index is 0.359. The molecule has 0 bridgehead atoms. The second-order valence-electron chi connectivity index (χ2n) is 8.06. The number of thiazole rings is 1. The van der Waals surface area contributed by atoms with Gasteiger partial charge < -0.3 is 9.47 Å². The molecule has 3 aromatic rings. The van der Waals surface area contributed by atoms with Crippen LogP contribution in [0.2, 0.25) is 0 Å². The van der Waals surface area contributed by atoms with Crippen molar-refractivity contribution in [3.8, 4) is 22.8 Å². The summed E-state index contributed by atoms with van der Waals surface area (Å²) in [5.41, 5.74) is 3.24. The number of carbonyl (C=O) groups is 1. The second kappa shape index (κ2) is 11.1. The predicted molar refractivity (Wildman–Crippen MR) is 137 cm³/mol. The average Bonchev–Trinajstić information content (AvgIpc) is 3.30. The molecule has 1 saturated heterocycles. The van der Waals surface area contributed by atoms with E-state index in [0.29, 0.717) is 17.4 Å². The largest absolute Gasteiger partial charge is 0.493 e. The van der Waals surface area contributed by atoms with Crippen LogP contribution in [0, 0.1) is 0 Å². The van der Waals surface area contributed by atoms with Crippen molar-refractivity contribution in [3.63, 3.8) is 0 Å². The van der Waals surface area contributed by atoms with Crippen molar-refractivity contribution in [1.82, 2.24) is 9.88 Å². The Morgan fingerprint density at radius 1 is 1.21 bits per heavy atom. The second-order valence-corrected chi connectivity index (χ2v) is 9.87. The molecule has 172 valence electrons. The highest BCUT2D eigenvalue weighted by Gasteiger charge is 2.22. The van der Waals surface area contributed by atoms with E-state index in [1.54, 1.807) is 24.5 Å². The number of piperidine rings is 1. The third-order valence-electron chi connectivity index (χ3n) is 5.69. The Hall–Kier alpha value is -2.48. The van der Waals surface area contributed by atoms with E-state index in [1.165, 1.54) is 11.9 Å². The quantitative estimate of drug-likeness (QED) is 0.263. The van der Waals surface area contributed by atoms with Gasteiger partial charge in [0, 0.05) is 34.8 Å². The SMILES string of the molecule is COc1cc(C=CCN2CCC(c3nc(-c4cccc(Br)c4)cs3)CC2)ccc1OC(C)=O. The lowest BCUT2D eigenvalue weighted by atomic mass is 9.97. The van der Waals surface area contributed by atoms with Crippen LogP contribution < -0.4 is 9.47 Å². The lowest BCUT2D eigenvalue weighted by Crippen LogP contribution is -2.33. The zero-order valence-electron chi connectivity index (χ0n) is 18.8. The van der Waals surface area contributed by atoms with Gasteiger partial charge in [-0.1, -0.05) is 46.3 Å². The van der Waals surface area contributed by atoms with E-state index in [0.717, 1.165) is 53.8 Å². The molecule has 0 unspecified atom stereocenters. The first-order valence-electron chi connectivity index (χ1n) is 11.0. The standard InChI is InChI=1S/C26H27BrN2O3S/c1-18(30)32-24-9-8-19(15-25(24)31-2)5-4-12-29-13-10-20(11-14-29)26-28-23(17-33-26)21-6-3-7-22(27)16-21/h3-9,15-17,20H,10-14H2,1-2H3. The Balaban J connectivity index is 1.29. The number of aromatic nitrogens is 1. The third kappa shape index (κ3) is 6.31. The fourth-order valence-corrected chi connectivity index (χ4v) is 5.38. The molecule has 5 nitrogen and oxygen atoms in total. The summed E-state index contributed by atoms with van der Waals surface area (Å²) in [5, 5.41) is 3.42. The summed E-state index contributed by atoms with van der Waals surface area (Å²) < 4.78 is 11.6. The smallest absolute Gasteiger partial charge is 0.308 e. The summed E-state index contributed by atoms with van der Waals surface area (Å²) in [6.45, 7) is 4.42. The Labute approximate surface area is 207 Å². The Bertz CT molecular complexity index is 1140. The van der Waals surface area contributed by atoms with Crippen LogP contribution in [0.1, 0.15) is 36.3 Å². The van der Waals surface area contributed by atoms with E-state index in [1.807, 2.05) is 18.2 Å². The molecule has 0 atom stereocenters. The van der Waals surface area contributed by atoms with Gasteiger partial charge in [0.25, 0.3) is 0 Å². The number of rotatable bonds is 7. The van der Waals surface area contributed by atoms with E-state index in [4.69, 9.17) is 14.5 Å². The molecular formula is C26H27BrN2O3S.